The van der Waals surface area contributed by atoms with Crippen LogP contribution >= 0.6 is 0 Å². The molecule has 2 heterocycles. The van der Waals surface area contributed by atoms with Crippen LogP contribution in [0.5, 0.6) is 0 Å². The minimum atomic E-state index is -0.0563. The van der Waals surface area contributed by atoms with Crippen molar-refractivity contribution in [3.63, 3.8) is 0 Å². The van der Waals surface area contributed by atoms with Crippen LogP contribution in [0.2, 0.25) is 0 Å². The molecule has 0 saturated carbocycles. The number of nitrogens with zero attached hydrogens (tertiary/aromatic N) is 3. The van der Waals surface area contributed by atoms with Crippen LogP contribution in [0, 0.1) is 20.8 Å². The van der Waals surface area contributed by atoms with Crippen molar-refractivity contribution in [1.29, 1.82) is 0 Å². The molecule has 1 N–H and O–H groups in total. The highest BCUT2D eigenvalue weighted by Gasteiger charge is 2.36. The lowest BCUT2D eigenvalue weighted by Gasteiger charge is -2.36. The molecule has 2 aromatic rings. The summed E-state index contributed by atoms with van der Waals surface area (Å²) in [4.78, 5) is 31.5. The maximum atomic E-state index is 13.0. The quantitative estimate of drug-likeness (QED) is 0.789. The molecule has 0 aliphatic carbocycles. The Balaban J connectivity index is 1.29. The SMILES string of the molecule is Cc1cccc(CN2CCN(C3CCN(C(=O)Nc4ccc(C)cc4C)CC3)C2=O)c1. The molecule has 6 heteroatoms. The van der Waals surface area contributed by atoms with Gasteiger partial charge in [-0.25, -0.2) is 9.59 Å². The Bertz CT molecular complexity index is 966. The molecule has 2 aromatic carbocycles. The van der Waals surface area contributed by atoms with Crippen molar-refractivity contribution in [2.45, 2.75) is 46.2 Å². The predicted octanol–water partition coefficient (Wildman–Crippen LogP) is 4.55. The minimum Gasteiger partial charge on any atom is -0.324 e. The highest BCUT2D eigenvalue weighted by Crippen LogP contribution is 2.24. The number of carbonyl (C=O) groups is 2. The van der Waals surface area contributed by atoms with Crippen molar-refractivity contribution in [2.75, 3.05) is 31.5 Å². The summed E-state index contributed by atoms with van der Waals surface area (Å²) >= 11 is 0. The second-order valence-corrected chi connectivity index (χ2v) is 8.85. The van der Waals surface area contributed by atoms with Crippen LogP contribution in [0.15, 0.2) is 42.5 Å². The lowest BCUT2D eigenvalue weighted by Crippen LogP contribution is -2.49. The number of nitrogens with one attached hydrogen (secondary N) is 1. The monoisotopic (exact) mass is 420 g/mol. The number of urea groups is 2. The molecule has 0 aromatic heterocycles. The van der Waals surface area contributed by atoms with Crippen LogP contribution in [0.25, 0.3) is 0 Å². The van der Waals surface area contributed by atoms with Gasteiger partial charge >= 0.3 is 12.1 Å². The van der Waals surface area contributed by atoms with Crippen LogP contribution in [-0.4, -0.2) is 59.0 Å². The summed E-state index contributed by atoms with van der Waals surface area (Å²) < 4.78 is 0. The molecule has 0 unspecified atom stereocenters. The summed E-state index contributed by atoms with van der Waals surface area (Å²) in [5, 5.41) is 3.04. The molecule has 31 heavy (non-hydrogen) atoms. The zero-order valence-electron chi connectivity index (χ0n) is 18.7. The molecule has 0 bridgehead atoms. The second-order valence-electron chi connectivity index (χ2n) is 8.85. The third-order valence-corrected chi connectivity index (χ3v) is 6.40. The van der Waals surface area contributed by atoms with E-state index in [1.165, 1.54) is 16.7 Å². The zero-order valence-corrected chi connectivity index (χ0v) is 18.7. The third-order valence-electron chi connectivity index (χ3n) is 6.40. The van der Waals surface area contributed by atoms with Gasteiger partial charge in [-0.3, -0.25) is 0 Å². The van der Waals surface area contributed by atoms with Crippen molar-refractivity contribution in [1.82, 2.24) is 14.7 Å². The Morgan fingerprint density at radius 2 is 1.71 bits per heavy atom. The number of carbonyl (C=O) groups excluding carboxylic acids is 2. The first-order valence-corrected chi connectivity index (χ1v) is 11.1. The molecule has 4 amide bonds. The van der Waals surface area contributed by atoms with E-state index in [4.69, 9.17) is 0 Å². The van der Waals surface area contributed by atoms with Crippen LogP contribution in [0.3, 0.4) is 0 Å². The standard InChI is InChI=1S/C25H32N4O2/c1-18-5-4-6-21(16-18)17-28-13-14-29(25(28)31)22-9-11-27(12-10-22)24(30)26-23-8-7-19(2)15-20(23)3/h4-8,15-16,22H,9-14,17H2,1-3H3,(H,26,30). The molecule has 6 nitrogen and oxygen atoms in total. The Kier molecular flexibility index (Phi) is 6.16. The number of hydrogen-bond acceptors (Lipinski definition) is 2. The normalized spacial score (nSPS) is 17.4. The number of hydrogen-bond donors (Lipinski definition) is 1. The fraction of sp³-hybridized carbons (Fsp3) is 0.440. The van der Waals surface area contributed by atoms with Gasteiger partial charge in [0.2, 0.25) is 0 Å². The van der Waals surface area contributed by atoms with E-state index in [1.807, 2.05) is 46.7 Å². The Hall–Kier alpha value is -3.02. The summed E-state index contributed by atoms with van der Waals surface area (Å²) in [6, 6.07) is 14.7. The maximum absolute atomic E-state index is 13.0. The van der Waals surface area contributed by atoms with E-state index in [9.17, 15) is 9.59 Å². The van der Waals surface area contributed by atoms with E-state index in [0.717, 1.165) is 37.2 Å². The van der Waals surface area contributed by atoms with Crippen LogP contribution in [0.4, 0.5) is 15.3 Å². The van der Waals surface area contributed by atoms with Gasteiger partial charge in [-0.05, 0) is 50.8 Å². The molecule has 2 aliphatic rings. The molecule has 4 rings (SSSR count). The van der Waals surface area contributed by atoms with Gasteiger partial charge in [0.05, 0.1) is 0 Å². The summed E-state index contributed by atoms with van der Waals surface area (Å²) in [6.07, 6.45) is 1.65. The van der Waals surface area contributed by atoms with E-state index >= 15 is 0 Å². The molecule has 0 atom stereocenters. The maximum Gasteiger partial charge on any atom is 0.321 e. The molecular weight excluding hydrogens is 388 g/mol. The number of anilines is 1. The molecular formula is C25H32N4O2. The average molecular weight is 421 g/mol. The zero-order chi connectivity index (χ0) is 22.0. The van der Waals surface area contributed by atoms with Gasteiger partial charge in [0, 0.05) is 44.5 Å². The van der Waals surface area contributed by atoms with Crippen LogP contribution < -0.4 is 5.32 Å². The molecule has 2 fully saturated rings. The van der Waals surface area contributed by atoms with Gasteiger partial charge in [0.1, 0.15) is 0 Å². The summed E-state index contributed by atoms with van der Waals surface area (Å²) in [5.74, 6) is 0. The number of rotatable bonds is 4. The fourth-order valence-corrected chi connectivity index (χ4v) is 4.65. The predicted molar refractivity (Wildman–Crippen MR) is 123 cm³/mol. The fourth-order valence-electron chi connectivity index (χ4n) is 4.65. The number of aryl methyl sites for hydroxylation is 3. The smallest absolute Gasteiger partial charge is 0.321 e. The number of likely N-dealkylation sites (tertiary alicyclic amines) is 1. The van der Waals surface area contributed by atoms with Gasteiger partial charge < -0.3 is 20.0 Å². The van der Waals surface area contributed by atoms with Gasteiger partial charge in [-0.2, -0.15) is 0 Å². The van der Waals surface area contributed by atoms with E-state index in [1.54, 1.807) is 0 Å². The van der Waals surface area contributed by atoms with E-state index in [-0.39, 0.29) is 18.1 Å². The lowest BCUT2D eigenvalue weighted by atomic mass is 10.0. The molecule has 0 spiro atoms. The summed E-state index contributed by atoms with van der Waals surface area (Å²) in [5.41, 5.74) is 5.50. The minimum absolute atomic E-state index is 0.0563. The highest BCUT2D eigenvalue weighted by atomic mass is 16.2. The van der Waals surface area contributed by atoms with Gasteiger partial charge in [-0.15, -0.1) is 0 Å². The topological polar surface area (TPSA) is 55.9 Å². The van der Waals surface area contributed by atoms with Crippen molar-refractivity contribution >= 4 is 17.7 Å². The van der Waals surface area contributed by atoms with Crippen LogP contribution in [-0.2, 0) is 6.54 Å². The van der Waals surface area contributed by atoms with Crippen molar-refractivity contribution in [2.24, 2.45) is 0 Å². The molecule has 2 saturated heterocycles. The van der Waals surface area contributed by atoms with Gasteiger partial charge in [0.15, 0.2) is 0 Å². The molecule has 164 valence electrons. The summed E-state index contributed by atoms with van der Waals surface area (Å²) in [7, 11) is 0. The van der Waals surface area contributed by atoms with Crippen molar-refractivity contribution in [3.05, 3.63) is 64.7 Å². The first kappa shape index (κ1) is 21.2. The first-order chi connectivity index (χ1) is 14.9. The third kappa shape index (κ3) is 4.84. The Morgan fingerprint density at radius 3 is 2.42 bits per heavy atom. The molecule has 0 radical (unpaired) electrons. The average Bonchev–Trinajstić information content (AvgIpc) is 3.10. The Labute approximate surface area is 184 Å². The van der Waals surface area contributed by atoms with Crippen LogP contribution in [0.1, 0.15) is 35.1 Å². The van der Waals surface area contributed by atoms with E-state index in [0.29, 0.717) is 19.6 Å². The Morgan fingerprint density at radius 1 is 0.968 bits per heavy atom. The second kappa shape index (κ2) is 9.00. The number of piperidine rings is 1. The van der Waals surface area contributed by atoms with Gasteiger partial charge in [-0.1, -0.05) is 47.5 Å². The number of benzene rings is 2. The lowest BCUT2D eigenvalue weighted by molar-refractivity contribution is 0.139. The molecule has 2 aliphatic heterocycles. The van der Waals surface area contributed by atoms with Gasteiger partial charge in [0.25, 0.3) is 0 Å². The number of amides is 4. The largest absolute Gasteiger partial charge is 0.324 e. The van der Waals surface area contributed by atoms with Crippen molar-refractivity contribution < 1.29 is 9.59 Å². The highest BCUT2D eigenvalue weighted by molar-refractivity contribution is 5.90. The summed E-state index contributed by atoms with van der Waals surface area (Å²) in [6.45, 7) is 9.66. The van der Waals surface area contributed by atoms with E-state index in [2.05, 4.69) is 36.5 Å². The van der Waals surface area contributed by atoms with Crippen molar-refractivity contribution in [3.8, 4) is 0 Å². The van der Waals surface area contributed by atoms with E-state index < -0.39 is 0 Å². The first-order valence-electron chi connectivity index (χ1n) is 11.1.